The Bertz CT molecular complexity index is 1560. The normalized spacial score (nSPS) is 13.0. The number of phenols is 1. The van der Waals surface area contributed by atoms with Crippen molar-refractivity contribution in [3.63, 3.8) is 0 Å². The highest BCUT2D eigenvalue weighted by Crippen LogP contribution is 2.40. The molecule has 3 aromatic carbocycles. The fourth-order valence-electron chi connectivity index (χ4n) is 2.84. The quantitative estimate of drug-likeness (QED) is 0.295. The highest BCUT2D eigenvalue weighted by atomic mass is 32.3. The van der Waals surface area contributed by atoms with E-state index in [1.54, 1.807) is 18.2 Å². The van der Waals surface area contributed by atoms with Crippen LogP contribution in [0, 0.1) is 0 Å². The zero-order valence-corrected chi connectivity index (χ0v) is 18.9. The number of nitrogens with zero attached hydrogens (tertiary/aromatic N) is 2. The zero-order valence-electron chi connectivity index (χ0n) is 16.4. The summed E-state index contributed by atoms with van der Waals surface area (Å²) in [6, 6.07) is 12.4. The molecule has 176 valence electrons. The lowest BCUT2D eigenvalue weighted by Gasteiger charge is -2.08. The summed E-state index contributed by atoms with van der Waals surface area (Å²) >= 11 is 0. The van der Waals surface area contributed by atoms with Crippen molar-refractivity contribution in [1.82, 2.24) is 0 Å². The molecule has 33 heavy (non-hydrogen) atoms. The first-order valence-corrected chi connectivity index (χ1v) is 13.3. The average molecular weight is 517 g/mol. The summed E-state index contributed by atoms with van der Waals surface area (Å²) in [5.74, 6) is -1.49. The molecule has 0 amide bonds. The van der Waals surface area contributed by atoms with E-state index < -0.39 is 53.4 Å². The Balaban J connectivity index is 1.98. The zero-order chi connectivity index (χ0) is 24.4. The molecule has 3 N–H and O–H groups in total. The largest absolute Gasteiger partial charge is 0.506 e. The summed E-state index contributed by atoms with van der Waals surface area (Å²) < 4.78 is 91.6. The first kappa shape index (κ1) is 24.7. The number of azo groups is 1. The van der Waals surface area contributed by atoms with Crippen LogP contribution in [-0.4, -0.2) is 51.8 Å². The van der Waals surface area contributed by atoms with Crippen LogP contribution in [-0.2, 0) is 34.5 Å². The number of phenolic OH excluding ortho intramolecular Hbond substituents is 1. The minimum Gasteiger partial charge on any atom is -0.506 e. The van der Waals surface area contributed by atoms with E-state index in [4.69, 9.17) is 4.55 Å². The second-order valence-corrected chi connectivity index (χ2v) is 11.1. The molecular formula is C18H16N2O10S3. The van der Waals surface area contributed by atoms with Crippen molar-refractivity contribution < 1.29 is 43.6 Å². The number of rotatable bonds is 8. The molecule has 0 bridgehead atoms. The van der Waals surface area contributed by atoms with Gasteiger partial charge < -0.3 is 5.11 Å². The van der Waals surface area contributed by atoms with Crippen LogP contribution in [0.25, 0.3) is 10.8 Å². The molecule has 0 fully saturated rings. The van der Waals surface area contributed by atoms with Gasteiger partial charge in [0.1, 0.15) is 11.4 Å². The van der Waals surface area contributed by atoms with E-state index in [0.717, 1.165) is 6.07 Å². The molecule has 0 spiro atoms. The lowest BCUT2D eigenvalue weighted by atomic mass is 10.1. The third kappa shape index (κ3) is 6.10. The Morgan fingerprint density at radius 1 is 0.848 bits per heavy atom. The van der Waals surface area contributed by atoms with Crippen molar-refractivity contribution in [2.75, 3.05) is 12.4 Å². The van der Waals surface area contributed by atoms with Crippen molar-refractivity contribution in [2.24, 2.45) is 10.2 Å². The average Bonchev–Trinajstić information content (AvgIpc) is 2.70. The number of benzene rings is 3. The van der Waals surface area contributed by atoms with E-state index in [1.165, 1.54) is 30.3 Å². The summed E-state index contributed by atoms with van der Waals surface area (Å²) in [5, 5.41) is 18.5. The SMILES string of the molecule is O=S(=O)(O)OCCS(=O)(=O)c1cccc(N=Nc2cc3ccccc3c(O)c2S(=O)(=O)O)c1. The highest BCUT2D eigenvalue weighted by molar-refractivity contribution is 7.91. The van der Waals surface area contributed by atoms with E-state index >= 15 is 0 Å². The van der Waals surface area contributed by atoms with Crippen molar-refractivity contribution in [2.45, 2.75) is 9.79 Å². The first-order valence-electron chi connectivity index (χ1n) is 8.86. The van der Waals surface area contributed by atoms with Gasteiger partial charge in [-0.2, -0.15) is 21.9 Å². The minimum atomic E-state index is -4.90. The Morgan fingerprint density at radius 3 is 2.21 bits per heavy atom. The van der Waals surface area contributed by atoms with Gasteiger partial charge in [-0.1, -0.05) is 30.3 Å². The van der Waals surface area contributed by atoms with E-state index in [-0.39, 0.29) is 21.7 Å². The molecule has 0 aliphatic heterocycles. The van der Waals surface area contributed by atoms with Gasteiger partial charge >= 0.3 is 10.4 Å². The lowest BCUT2D eigenvalue weighted by molar-refractivity contribution is 0.284. The van der Waals surface area contributed by atoms with Gasteiger partial charge in [-0.05, 0) is 29.7 Å². The fourth-order valence-corrected chi connectivity index (χ4v) is 5.08. The van der Waals surface area contributed by atoms with Crippen LogP contribution in [0.3, 0.4) is 0 Å². The van der Waals surface area contributed by atoms with Crippen molar-refractivity contribution in [3.05, 3.63) is 54.6 Å². The smallest absolute Gasteiger partial charge is 0.397 e. The second-order valence-electron chi connectivity index (χ2n) is 6.54. The molecule has 3 rings (SSSR count). The summed E-state index contributed by atoms with van der Waals surface area (Å²) in [6.07, 6.45) is 0. The van der Waals surface area contributed by atoms with Crippen LogP contribution in [0.2, 0.25) is 0 Å². The van der Waals surface area contributed by atoms with Crippen LogP contribution >= 0.6 is 0 Å². The third-order valence-corrected chi connectivity index (χ3v) is 7.31. The molecule has 3 aromatic rings. The topological polar surface area (TPSA) is 197 Å². The van der Waals surface area contributed by atoms with E-state index in [9.17, 15) is 34.9 Å². The molecule has 0 aliphatic rings. The van der Waals surface area contributed by atoms with E-state index in [2.05, 4.69) is 14.4 Å². The van der Waals surface area contributed by atoms with Crippen LogP contribution in [0.5, 0.6) is 5.75 Å². The molecule has 0 aliphatic carbocycles. The third-order valence-electron chi connectivity index (χ3n) is 4.25. The Kier molecular flexibility index (Phi) is 6.83. The fraction of sp³-hybridized carbons (Fsp3) is 0.111. The number of hydrogen-bond donors (Lipinski definition) is 3. The van der Waals surface area contributed by atoms with E-state index in [0.29, 0.717) is 5.39 Å². The summed E-state index contributed by atoms with van der Waals surface area (Å²) in [5.41, 5.74) is -0.413. The van der Waals surface area contributed by atoms with Gasteiger partial charge in [-0.3, -0.25) is 9.11 Å². The van der Waals surface area contributed by atoms with Crippen LogP contribution < -0.4 is 0 Å². The summed E-state index contributed by atoms with van der Waals surface area (Å²) in [7, 11) is -13.7. The molecule has 15 heteroatoms. The minimum absolute atomic E-state index is 0.0271. The molecule has 12 nitrogen and oxygen atoms in total. The maximum atomic E-state index is 12.3. The standard InChI is InChI=1S/C18H16N2O10S3/c21-17-15-7-2-1-4-12(15)10-16(18(17)32(24,25)26)20-19-13-5-3-6-14(11-13)31(22,23)9-8-30-33(27,28)29/h1-7,10-11,21H,8-9H2,(H,24,25,26)(H,27,28,29). The predicted molar refractivity (Wildman–Crippen MR) is 116 cm³/mol. The monoisotopic (exact) mass is 516 g/mol. The van der Waals surface area contributed by atoms with Crippen LogP contribution in [0.4, 0.5) is 11.4 Å². The van der Waals surface area contributed by atoms with Crippen LogP contribution in [0.1, 0.15) is 0 Å². The van der Waals surface area contributed by atoms with Gasteiger partial charge in [0.2, 0.25) is 0 Å². The molecule has 0 radical (unpaired) electrons. The Morgan fingerprint density at radius 2 is 1.55 bits per heavy atom. The number of fused-ring (bicyclic) bond motifs is 1. The highest BCUT2D eigenvalue weighted by Gasteiger charge is 2.23. The van der Waals surface area contributed by atoms with Crippen molar-refractivity contribution >= 4 is 52.5 Å². The van der Waals surface area contributed by atoms with Gasteiger partial charge in [0.25, 0.3) is 10.1 Å². The van der Waals surface area contributed by atoms with Gasteiger partial charge in [-0.15, -0.1) is 5.11 Å². The van der Waals surface area contributed by atoms with Gasteiger partial charge in [0.05, 0.1) is 22.9 Å². The number of aromatic hydroxyl groups is 1. The Hall–Kier alpha value is -2.95. The molecule has 0 heterocycles. The predicted octanol–water partition coefficient (Wildman–Crippen LogP) is 2.80. The molecule has 0 unspecified atom stereocenters. The Labute approximate surface area is 188 Å². The van der Waals surface area contributed by atoms with Gasteiger partial charge in [0, 0.05) is 5.39 Å². The van der Waals surface area contributed by atoms with Gasteiger partial charge in [-0.25, -0.2) is 12.6 Å². The molecule has 0 saturated carbocycles. The first-order chi connectivity index (χ1) is 15.3. The molecule has 0 saturated heterocycles. The van der Waals surface area contributed by atoms with E-state index in [1.807, 2.05) is 0 Å². The van der Waals surface area contributed by atoms with Gasteiger partial charge in [0.15, 0.2) is 14.7 Å². The number of sulfone groups is 1. The summed E-state index contributed by atoms with van der Waals surface area (Å²) in [4.78, 5) is -1.13. The van der Waals surface area contributed by atoms with Crippen molar-refractivity contribution in [3.8, 4) is 5.75 Å². The lowest BCUT2D eigenvalue weighted by Crippen LogP contribution is -2.15. The van der Waals surface area contributed by atoms with Crippen LogP contribution in [0.15, 0.2) is 74.6 Å². The summed E-state index contributed by atoms with van der Waals surface area (Å²) in [6.45, 7) is -0.818. The maximum Gasteiger partial charge on any atom is 0.397 e. The number of hydrogen-bond acceptors (Lipinski definition) is 10. The molecule has 0 aromatic heterocycles. The molecule has 0 atom stereocenters. The van der Waals surface area contributed by atoms with Crippen molar-refractivity contribution in [1.29, 1.82) is 0 Å². The molecular weight excluding hydrogens is 500 g/mol. The second kappa shape index (κ2) is 9.12. The maximum absolute atomic E-state index is 12.3.